The third-order valence-electron chi connectivity index (χ3n) is 4.43. The molecule has 8 heteroatoms. The molecule has 1 amide bonds. The Balaban J connectivity index is 1.47. The number of aromatic nitrogens is 4. The van der Waals surface area contributed by atoms with E-state index in [9.17, 15) is 9.59 Å². The van der Waals surface area contributed by atoms with Crippen molar-refractivity contribution < 1.29 is 4.79 Å². The summed E-state index contributed by atoms with van der Waals surface area (Å²) in [4.78, 5) is 32.9. The Morgan fingerprint density at radius 2 is 2.24 bits per heavy atom. The minimum Gasteiger partial charge on any atom is -0.353 e. The molecule has 128 valence electrons. The lowest BCUT2D eigenvalue weighted by atomic mass is 10.2. The number of rotatable bonds is 3. The average molecular weight is 338 g/mol. The van der Waals surface area contributed by atoms with E-state index in [2.05, 4.69) is 25.3 Å². The molecule has 0 aliphatic carbocycles. The lowest BCUT2D eigenvalue weighted by Crippen LogP contribution is -2.39. The van der Waals surface area contributed by atoms with Gasteiger partial charge in [0.25, 0.3) is 11.5 Å². The van der Waals surface area contributed by atoms with Crippen LogP contribution in [0.2, 0.25) is 0 Å². The monoisotopic (exact) mass is 338 g/mol. The Hall–Kier alpha value is -3.16. The summed E-state index contributed by atoms with van der Waals surface area (Å²) in [6.07, 6.45) is 4.10. The number of nitrogens with zero attached hydrogens (tertiary/aromatic N) is 4. The van der Waals surface area contributed by atoms with Gasteiger partial charge in [-0.15, -0.1) is 5.10 Å². The molecular formula is C17H18N6O2. The molecule has 1 aliphatic heterocycles. The van der Waals surface area contributed by atoms with Gasteiger partial charge < -0.3 is 15.2 Å². The Bertz CT molecular complexity index is 992. The zero-order valence-electron chi connectivity index (χ0n) is 13.8. The summed E-state index contributed by atoms with van der Waals surface area (Å²) in [5, 5.41) is 7.55. The van der Waals surface area contributed by atoms with Crippen LogP contribution < -0.4 is 15.8 Å². The summed E-state index contributed by atoms with van der Waals surface area (Å²) in [7, 11) is 0. The first-order valence-corrected chi connectivity index (χ1v) is 8.17. The van der Waals surface area contributed by atoms with E-state index in [1.165, 1.54) is 12.3 Å². The van der Waals surface area contributed by atoms with Crippen molar-refractivity contribution in [1.82, 2.24) is 24.9 Å². The van der Waals surface area contributed by atoms with E-state index in [0.717, 1.165) is 30.1 Å². The first-order chi connectivity index (χ1) is 12.1. The van der Waals surface area contributed by atoms with Crippen LogP contribution in [0.4, 0.5) is 5.82 Å². The van der Waals surface area contributed by atoms with E-state index in [4.69, 9.17) is 0 Å². The molecule has 1 saturated heterocycles. The number of carbonyl (C=O) groups is 1. The van der Waals surface area contributed by atoms with Crippen molar-refractivity contribution >= 4 is 17.4 Å². The molecule has 0 bridgehead atoms. The van der Waals surface area contributed by atoms with Gasteiger partial charge in [-0.2, -0.15) is 0 Å². The molecule has 1 aliphatic rings. The predicted molar refractivity (Wildman–Crippen MR) is 92.9 cm³/mol. The Labute approximate surface area is 143 Å². The summed E-state index contributed by atoms with van der Waals surface area (Å²) in [6.45, 7) is 3.41. The third-order valence-corrected chi connectivity index (χ3v) is 4.43. The number of carbonyl (C=O) groups excluding carboxylic acids is 1. The van der Waals surface area contributed by atoms with Crippen molar-refractivity contribution in [1.29, 1.82) is 0 Å². The van der Waals surface area contributed by atoms with Gasteiger partial charge in [0.1, 0.15) is 11.4 Å². The molecule has 4 rings (SSSR count). The maximum absolute atomic E-state index is 12.3. The van der Waals surface area contributed by atoms with Gasteiger partial charge in [0.05, 0.1) is 11.9 Å². The molecule has 3 aromatic heterocycles. The zero-order valence-corrected chi connectivity index (χ0v) is 13.8. The van der Waals surface area contributed by atoms with Crippen molar-refractivity contribution in [2.45, 2.75) is 19.4 Å². The number of aromatic amines is 1. The molecular weight excluding hydrogens is 320 g/mol. The highest BCUT2D eigenvalue weighted by Crippen LogP contribution is 2.19. The molecule has 0 saturated carbocycles. The minimum absolute atomic E-state index is 0.0199. The fourth-order valence-electron chi connectivity index (χ4n) is 3.10. The van der Waals surface area contributed by atoms with E-state index >= 15 is 0 Å². The second kappa shape index (κ2) is 6.04. The SMILES string of the molecule is Cc1cnc2ccc(N3CC[C@H](NC(=O)c4ccc[nH]c4=O)C3)nn12. The summed E-state index contributed by atoms with van der Waals surface area (Å²) in [5.41, 5.74) is 1.55. The van der Waals surface area contributed by atoms with E-state index in [-0.39, 0.29) is 23.1 Å². The first kappa shape index (κ1) is 15.4. The van der Waals surface area contributed by atoms with Gasteiger partial charge in [0.15, 0.2) is 5.65 Å². The molecule has 3 aromatic rings. The Morgan fingerprint density at radius 1 is 1.36 bits per heavy atom. The quantitative estimate of drug-likeness (QED) is 0.734. The maximum Gasteiger partial charge on any atom is 0.260 e. The van der Waals surface area contributed by atoms with Crippen LogP contribution in [0.1, 0.15) is 22.5 Å². The lowest BCUT2D eigenvalue weighted by molar-refractivity contribution is 0.0939. The molecule has 1 fully saturated rings. The minimum atomic E-state index is -0.377. The molecule has 0 radical (unpaired) electrons. The van der Waals surface area contributed by atoms with Gasteiger partial charge in [-0.05, 0) is 37.6 Å². The van der Waals surface area contributed by atoms with Crippen molar-refractivity contribution in [2.75, 3.05) is 18.0 Å². The number of hydrogen-bond donors (Lipinski definition) is 2. The van der Waals surface area contributed by atoms with Crippen molar-refractivity contribution in [3.05, 3.63) is 58.3 Å². The molecule has 0 unspecified atom stereocenters. The van der Waals surface area contributed by atoms with E-state index in [1.807, 2.05) is 23.6 Å². The van der Waals surface area contributed by atoms with Gasteiger partial charge in [0, 0.05) is 25.3 Å². The van der Waals surface area contributed by atoms with Crippen LogP contribution in [-0.4, -0.2) is 44.6 Å². The van der Waals surface area contributed by atoms with Crippen molar-refractivity contribution in [2.24, 2.45) is 0 Å². The third kappa shape index (κ3) is 2.86. The van der Waals surface area contributed by atoms with E-state index in [0.29, 0.717) is 6.54 Å². The van der Waals surface area contributed by atoms with Gasteiger partial charge >= 0.3 is 0 Å². The zero-order chi connectivity index (χ0) is 17.4. The fraction of sp³-hybridized carbons (Fsp3) is 0.294. The van der Waals surface area contributed by atoms with Crippen LogP contribution in [0, 0.1) is 6.92 Å². The summed E-state index contributed by atoms with van der Waals surface area (Å²) >= 11 is 0. The molecule has 0 aromatic carbocycles. The van der Waals surface area contributed by atoms with Gasteiger partial charge in [-0.25, -0.2) is 9.50 Å². The number of aryl methyl sites for hydroxylation is 1. The number of anilines is 1. The Kier molecular flexibility index (Phi) is 3.72. The fourth-order valence-corrected chi connectivity index (χ4v) is 3.10. The highest BCUT2D eigenvalue weighted by Gasteiger charge is 2.26. The van der Waals surface area contributed by atoms with E-state index < -0.39 is 0 Å². The van der Waals surface area contributed by atoms with Crippen LogP contribution in [0.15, 0.2) is 41.5 Å². The number of amides is 1. The number of pyridine rings is 1. The number of imidazole rings is 1. The predicted octanol–water partition coefficient (Wildman–Crippen LogP) is 0.735. The van der Waals surface area contributed by atoms with Gasteiger partial charge in [-0.1, -0.05) is 0 Å². The second-order valence-electron chi connectivity index (χ2n) is 6.18. The van der Waals surface area contributed by atoms with Gasteiger partial charge in [0.2, 0.25) is 0 Å². The smallest absolute Gasteiger partial charge is 0.260 e. The highest BCUT2D eigenvalue weighted by atomic mass is 16.2. The summed E-state index contributed by atoms with van der Waals surface area (Å²) < 4.78 is 1.81. The summed E-state index contributed by atoms with van der Waals surface area (Å²) in [6, 6.07) is 7.02. The normalized spacial score (nSPS) is 17.2. The maximum atomic E-state index is 12.3. The topological polar surface area (TPSA) is 95.4 Å². The average Bonchev–Trinajstić information content (AvgIpc) is 3.22. The van der Waals surface area contributed by atoms with Gasteiger partial charge in [-0.3, -0.25) is 9.59 Å². The lowest BCUT2D eigenvalue weighted by Gasteiger charge is -2.18. The second-order valence-corrected chi connectivity index (χ2v) is 6.18. The molecule has 8 nitrogen and oxygen atoms in total. The number of nitrogens with one attached hydrogen (secondary N) is 2. The number of H-pyrrole nitrogens is 1. The molecule has 2 N–H and O–H groups in total. The number of fused-ring (bicyclic) bond motifs is 1. The van der Waals surface area contributed by atoms with Crippen LogP contribution in [-0.2, 0) is 0 Å². The number of hydrogen-bond acceptors (Lipinski definition) is 5. The summed E-state index contributed by atoms with van der Waals surface area (Å²) in [5.74, 6) is 0.505. The molecule has 1 atom stereocenters. The molecule has 4 heterocycles. The molecule has 25 heavy (non-hydrogen) atoms. The van der Waals surface area contributed by atoms with Crippen molar-refractivity contribution in [3.8, 4) is 0 Å². The first-order valence-electron chi connectivity index (χ1n) is 8.17. The molecule has 0 spiro atoms. The van der Waals surface area contributed by atoms with Crippen molar-refractivity contribution in [3.63, 3.8) is 0 Å². The largest absolute Gasteiger partial charge is 0.353 e. The van der Waals surface area contributed by atoms with Crippen LogP contribution in [0.5, 0.6) is 0 Å². The van der Waals surface area contributed by atoms with Crippen LogP contribution in [0.25, 0.3) is 5.65 Å². The van der Waals surface area contributed by atoms with E-state index in [1.54, 1.807) is 12.3 Å². The van der Waals surface area contributed by atoms with Crippen LogP contribution >= 0.6 is 0 Å². The standard InChI is InChI=1S/C17H18N6O2/c1-11-9-19-14-4-5-15(21-23(11)14)22-8-6-12(10-22)20-17(25)13-3-2-7-18-16(13)24/h2-5,7,9,12H,6,8,10H2,1H3,(H,18,24)(H,20,25)/t12-/m0/s1. The van der Waals surface area contributed by atoms with Crippen LogP contribution in [0.3, 0.4) is 0 Å². The highest BCUT2D eigenvalue weighted by molar-refractivity contribution is 5.94. The Morgan fingerprint density at radius 3 is 3.08 bits per heavy atom.